The van der Waals surface area contributed by atoms with Gasteiger partial charge in [0.1, 0.15) is 12.4 Å². The quantitative estimate of drug-likeness (QED) is 0.771. The van der Waals surface area contributed by atoms with Crippen LogP contribution < -0.4 is 4.74 Å². The van der Waals surface area contributed by atoms with Gasteiger partial charge in [0.05, 0.1) is 13.2 Å². The summed E-state index contributed by atoms with van der Waals surface area (Å²) in [6, 6.07) is 19.2. The summed E-state index contributed by atoms with van der Waals surface area (Å²) >= 11 is 0. The molecule has 1 aliphatic heterocycles. The molecule has 0 aliphatic carbocycles. The van der Waals surface area contributed by atoms with Crippen LogP contribution in [0.15, 0.2) is 54.6 Å². The Hall–Kier alpha value is -1.55. The Balaban J connectivity index is 0.00000225. The lowest BCUT2D eigenvalue weighted by Crippen LogP contribution is -2.38. The normalized spacial score (nSPS) is 15.4. The first-order chi connectivity index (χ1) is 11.7. The molecule has 136 valence electrons. The minimum absolute atomic E-state index is 0. The fourth-order valence-electron chi connectivity index (χ4n) is 3.11. The van der Waals surface area contributed by atoms with Crippen molar-refractivity contribution in [1.82, 2.24) is 4.90 Å². The average Bonchev–Trinajstić information content (AvgIpc) is 2.64. The molecular formula is C21H28ClNO2. The molecule has 0 spiro atoms. The van der Waals surface area contributed by atoms with Gasteiger partial charge in [-0.15, -0.1) is 12.4 Å². The van der Waals surface area contributed by atoms with Crippen LogP contribution in [-0.2, 0) is 10.2 Å². The highest BCUT2D eigenvalue weighted by atomic mass is 35.5. The number of morpholine rings is 1. The molecule has 0 amide bonds. The van der Waals surface area contributed by atoms with Gasteiger partial charge in [-0.3, -0.25) is 4.90 Å². The van der Waals surface area contributed by atoms with Crippen molar-refractivity contribution in [3.05, 3.63) is 65.7 Å². The number of halogens is 1. The summed E-state index contributed by atoms with van der Waals surface area (Å²) in [5.74, 6) is 0.941. The van der Waals surface area contributed by atoms with Gasteiger partial charge in [-0.2, -0.15) is 0 Å². The molecule has 0 aromatic heterocycles. The van der Waals surface area contributed by atoms with Crippen LogP contribution in [0, 0.1) is 0 Å². The summed E-state index contributed by atoms with van der Waals surface area (Å²) in [5.41, 5.74) is 2.62. The molecule has 1 saturated heterocycles. The Morgan fingerprint density at radius 2 is 1.52 bits per heavy atom. The van der Waals surface area contributed by atoms with Crippen LogP contribution >= 0.6 is 12.4 Å². The molecular weight excluding hydrogens is 334 g/mol. The Morgan fingerprint density at radius 1 is 0.920 bits per heavy atom. The van der Waals surface area contributed by atoms with Crippen molar-refractivity contribution in [2.24, 2.45) is 0 Å². The average molecular weight is 362 g/mol. The van der Waals surface area contributed by atoms with Crippen LogP contribution in [0.1, 0.15) is 25.0 Å². The van der Waals surface area contributed by atoms with Crippen LogP contribution in [0.4, 0.5) is 0 Å². The van der Waals surface area contributed by atoms with Crippen molar-refractivity contribution in [3.8, 4) is 5.75 Å². The van der Waals surface area contributed by atoms with Gasteiger partial charge in [0.15, 0.2) is 0 Å². The summed E-state index contributed by atoms with van der Waals surface area (Å²) in [6.07, 6.45) is 0. The molecule has 0 atom stereocenters. The molecule has 0 saturated carbocycles. The predicted molar refractivity (Wildman–Crippen MR) is 105 cm³/mol. The van der Waals surface area contributed by atoms with Crippen LogP contribution in [0.5, 0.6) is 5.75 Å². The Morgan fingerprint density at radius 3 is 2.16 bits per heavy atom. The maximum atomic E-state index is 5.90. The Bertz CT molecular complexity index is 622. The molecule has 2 aromatic carbocycles. The number of nitrogens with zero attached hydrogens (tertiary/aromatic N) is 1. The monoisotopic (exact) mass is 361 g/mol. The summed E-state index contributed by atoms with van der Waals surface area (Å²) in [5, 5.41) is 0. The van der Waals surface area contributed by atoms with Gasteiger partial charge in [0.2, 0.25) is 0 Å². The standard InChI is InChI=1S/C21H27NO2.ClH/c1-21(2,18-6-4-3-5-7-18)19-8-10-20(11-9-19)24-17-14-22-12-15-23-16-13-22;/h3-11H,12-17H2,1-2H3;1H. The first-order valence-electron chi connectivity index (χ1n) is 8.75. The first-order valence-corrected chi connectivity index (χ1v) is 8.75. The van der Waals surface area contributed by atoms with E-state index in [2.05, 4.69) is 73.3 Å². The van der Waals surface area contributed by atoms with Crippen LogP contribution in [0.2, 0.25) is 0 Å². The second kappa shape index (κ2) is 9.23. The van der Waals surface area contributed by atoms with E-state index in [1.54, 1.807) is 0 Å². The van der Waals surface area contributed by atoms with E-state index in [-0.39, 0.29) is 17.8 Å². The maximum absolute atomic E-state index is 5.90. The fraction of sp³-hybridized carbons (Fsp3) is 0.429. The third-order valence-electron chi connectivity index (χ3n) is 4.85. The molecule has 0 N–H and O–H groups in total. The van der Waals surface area contributed by atoms with Crippen molar-refractivity contribution < 1.29 is 9.47 Å². The molecule has 1 fully saturated rings. The zero-order chi connectivity index (χ0) is 16.8. The molecule has 0 bridgehead atoms. The molecule has 3 rings (SSSR count). The second-order valence-electron chi connectivity index (χ2n) is 6.82. The minimum atomic E-state index is -0.00636. The highest BCUT2D eigenvalue weighted by Crippen LogP contribution is 2.32. The van der Waals surface area contributed by atoms with Crippen molar-refractivity contribution in [2.45, 2.75) is 19.3 Å². The third-order valence-corrected chi connectivity index (χ3v) is 4.85. The van der Waals surface area contributed by atoms with E-state index in [1.165, 1.54) is 11.1 Å². The van der Waals surface area contributed by atoms with Crippen LogP contribution in [-0.4, -0.2) is 44.4 Å². The zero-order valence-electron chi connectivity index (χ0n) is 15.1. The van der Waals surface area contributed by atoms with Gasteiger partial charge >= 0.3 is 0 Å². The van der Waals surface area contributed by atoms with E-state index >= 15 is 0 Å². The molecule has 1 aliphatic rings. The van der Waals surface area contributed by atoms with E-state index in [1.807, 2.05) is 0 Å². The topological polar surface area (TPSA) is 21.7 Å². The number of hydrogen-bond donors (Lipinski definition) is 0. The number of rotatable bonds is 6. The molecule has 3 nitrogen and oxygen atoms in total. The van der Waals surface area contributed by atoms with Crippen molar-refractivity contribution >= 4 is 12.4 Å². The maximum Gasteiger partial charge on any atom is 0.119 e. The summed E-state index contributed by atoms with van der Waals surface area (Å²) in [4.78, 5) is 2.39. The van der Waals surface area contributed by atoms with E-state index in [9.17, 15) is 0 Å². The first kappa shape index (κ1) is 19.8. The van der Waals surface area contributed by atoms with Crippen LogP contribution in [0.3, 0.4) is 0 Å². The number of hydrogen-bond acceptors (Lipinski definition) is 3. The SMILES string of the molecule is CC(C)(c1ccccc1)c1ccc(OCCN2CCOCC2)cc1.Cl. The van der Waals surface area contributed by atoms with Gasteiger partial charge in [-0.05, 0) is 23.3 Å². The van der Waals surface area contributed by atoms with Crippen molar-refractivity contribution in [2.75, 3.05) is 39.5 Å². The lowest BCUT2D eigenvalue weighted by Gasteiger charge is -2.27. The Kier molecular flexibility index (Phi) is 7.30. The second-order valence-corrected chi connectivity index (χ2v) is 6.82. The molecule has 2 aromatic rings. The highest BCUT2D eigenvalue weighted by Gasteiger charge is 2.22. The highest BCUT2D eigenvalue weighted by molar-refractivity contribution is 5.85. The van der Waals surface area contributed by atoms with Gasteiger partial charge in [-0.25, -0.2) is 0 Å². The van der Waals surface area contributed by atoms with Gasteiger partial charge in [0.25, 0.3) is 0 Å². The van der Waals surface area contributed by atoms with E-state index < -0.39 is 0 Å². The number of benzene rings is 2. The lowest BCUT2D eigenvalue weighted by molar-refractivity contribution is 0.0322. The largest absolute Gasteiger partial charge is 0.492 e. The lowest BCUT2D eigenvalue weighted by atomic mass is 9.78. The molecule has 0 radical (unpaired) electrons. The molecule has 25 heavy (non-hydrogen) atoms. The summed E-state index contributed by atoms with van der Waals surface area (Å²) in [6.45, 7) is 9.89. The van der Waals surface area contributed by atoms with Crippen molar-refractivity contribution in [1.29, 1.82) is 0 Å². The van der Waals surface area contributed by atoms with E-state index in [0.29, 0.717) is 0 Å². The van der Waals surface area contributed by atoms with Gasteiger partial charge in [-0.1, -0.05) is 56.3 Å². The summed E-state index contributed by atoms with van der Waals surface area (Å²) in [7, 11) is 0. The third kappa shape index (κ3) is 5.21. The molecule has 4 heteroatoms. The molecule has 1 heterocycles. The van der Waals surface area contributed by atoms with Gasteiger partial charge in [0, 0.05) is 25.0 Å². The fourth-order valence-corrected chi connectivity index (χ4v) is 3.11. The van der Waals surface area contributed by atoms with Gasteiger partial charge < -0.3 is 9.47 Å². The van der Waals surface area contributed by atoms with E-state index in [4.69, 9.17) is 9.47 Å². The zero-order valence-corrected chi connectivity index (χ0v) is 15.9. The van der Waals surface area contributed by atoms with Crippen molar-refractivity contribution in [3.63, 3.8) is 0 Å². The Labute approximate surface area is 157 Å². The minimum Gasteiger partial charge on any atom is -0.492 e. The molecule has 0 unspecified atom stereocenters. The summed E-state index contributed by atoms with van der Waals surface area (Å²) < 4.78 is 11.3. The van der Waals surface area contributed by atoms with E-state index in [0.717, 1.165) is 45.2 Å². The number of ether oxygens (including phenoxy) is 2. The smallest absolute Gasteiger partial charge is 0.119 e. The van der Waals surface area contributed by atoms with Crippen LogP contribution in [0.25, 0.3) is 0 Å². The predicted octanol–water partition coefficient (Wildman–Crippen LogP) is 4.15.